The Morgan fingerprint density at radius 1 is 0.198 bits per heavy atom. The zero-order valence-corrected chi connectivity index (χ0v) is 62.6. The predicted molar refractivity (Wildman–Crippen MR) is 471 cm³/mol. The van der Waals surface area contributed by atoms with Crippen molar-refractivity contribution in [3.8, 4) is 22.9 Å². The molecule has 0 spiro atoms. The van der Waals surface area contributed by atoms with Gasteiger partial charge in [-0.3, -0.25) is 0 Å². The van der Waals surface area contributed by atoms with Crippen LogP contribution < -0.4 is 77.3 Å². The fraction of sp³-hybridized carbons (Fsp3) is 0. The van der Waals surface area contributed by atoms with E-state index in [-0.39, 0.29) is 6.71 Å². The Kier molecular flexibility index (Phi) is 15.0. The maximum absolute atomic E-state index is 6.96. The third kappa shape index (κ3) is 9.82. The predicted octanol–water partition coefficient (Wildman–Crippen LogP) is 18.3. The van der Waals surface area contributed by atoms with Gasteiger partial charge in [0, 0.05) is 67.0 Å². The van der Waals surface area contributed by atoms with Gasteiger partial charge in [0.15, 0.2) is 27.6 Å². The van der Waals surface area contributed by atoms with Crippen LogP contribution in [0.1, 0.15) is 0 Å². The van der Waals surface area contributed by atoms with Crippen LogP contribution in [-0.2, 0) is 0 Å². The average molecular weight is 1450 g/mol. The number of rotatable bonds is 13. The van der Waals surface area contributed by atoms with Gasteiger partial charge in [0.1, 0.15) is 0 Å². The van der Waals surface area contributed by atoms with E-state index in [1.165, 1.54) is 79.4 Å². The Morgan fingerprint density at radius 2 is 0.514 bits per heavy atom. The summed E-state index contributed by atoms with van der Waals surface area (Å²) in [7, 11) is -6.29. The molecule has 520 valence electrons. The molecule has 0 saturated carbocycles. The van der Waals surface area contributed by atoms with Crippen LogP contribution in [0.2, 0.25) is 0 Å². The third-order valence-corrected chi connectivity index (χ3v) is 33.3. The smallest absolute Gasteiger partial charge is 0.252 e. The lowest BCUT2D eigenvalue weighted by Crippen LogP contribution is -2.74. The summed E-state index contributed by atoms with van der Waals surface area (Å²) in [6.45, 7) is -0.310. The number of hydrogen-bond donors (Lipinski definition) is 0. The van der Waals surface area contributed by atoms with Crippen molar-refractivity contribution >= 4 is 176 Å². The molecule has 9 heteroatoms. The SMILES string of the molecule is c1ccc([Si](c2ccccc2)(c2ccccc2)c2cccc(N3c4ccc(-n5c6ccccc6c6ccccc65)cc4B4c5ccc(-n6c7ccccc7c7ccccc76)cc5N(c5cccc([Si](c6ccccc6)(c6ccccc6)c6ccccc6)c5)c5cc(N6c7ccccc7Oc7ccccc76)cc3c54)c2)cc1. The first-order valence-corrected chi connectivity index (χ1v) is 42.3. The van der Waals surface area contributed by atoms with Gasteiger partial charge in [-0.05, 0) is 173 Å². The number of benzene rings is 17. The van der Waals surface area contributed by atoms with E-state index < -0.39 is 16.1 Å². The molecule has 0 saturated heterocycles. The van der Waals surface area contributed by atoms with Gasteiger partial charge in [-0.2, -0.15) is 0 Å². The van der Waals surface area contributed by atoms with E-state index in [1.807, 2.05) is 0 Å². The summed E-state index contributed by atoms with van der Waals surface area (Å²) in [4.78, 5) is 7.74. The fourth-order valence-corrected chi connectivity index (χ4v) is 28.8. The highest BCUT2D eigenvalue weighted by Crippen LogP contribution is 2.54. The highest BCUT2D eigenvalue weighted by atomic mass is 28.3. The molecule has 0 aliphatic carbocycles. The van der Waals surface area contributed by atoms with Gasteiger partial charge in [0.25, 0.3) is 6.71 Å². The van der Waals surface area contributed by atoms with Crippen LogP contribution in [0.25, 0.3) is 55.0 Å². The molecular formula is C102H70BN5OSi2. The number of nitrogens with zero attached hydrogens (tertiary/aromatic N) is 5. The number of aromatic nitrogens is 2. The molecule has 0 radical (unpaired) electrons. The highest BCUT2D eigenvalue weighted by molar-refractivity contribution is 7.20. The topological polar surface area (TPSA) is 28.8 Å². The Hall–Kier alpha value is -14.0. The van der Waals surface area contributed by atoms with Gasteiger partial charge in [-0.15, -0.1) is 0 Å². The van der Waals surface area contributed by atoms with E-state index in [0.717, 1.165) is 96.1 Å². The van der Waals surface area contributed by atoms with Gasteiger partial charge in [-0.1, -0.05) is 309 Å². The van der Waals surface area contributed by atoms with E-state index in [9.17, 15) is 0 Å². The molecule has 0 bridgehead atoms. The van der Waals surface area contributed by atoms with Crippen molar-refractivity contribution in [2.24, 2.45) is 0 Å². The second-order valence-electron chi connectivity index (χ2n) is 29.4. The van der Waals surface area contributed by atoms with Crippen molar-refractivity contribution in [2.45, 2.75) is 0 Å². The number of ether oxygens (including phenoxy) is 1. The summed E-state index contributed by atoms with van der Waals surface area (Å²) < 4.78 is 11.9. The molecule has 19 aromatic rings. The van der Waals surface area contributed by atoms with Gasteiger partial charge in [0.2, 0.25) is 0 Å². The van der Waals surface area contributed by atoms with Gasteiger partial charge in [-0.25, -0.2) is 0 Å². The minimum atomic E-state index is -3.16. The molecule has 22 rings (SSSR count). The number of anilines is 9. The summed E-state index contributed by atoms with van der Waals surface area (Å²) in [6, 6.07) is 160. The van der Waals surface area contributed by atoms with Crippen molar-refractivity contribution in [2.75, 3.05) is 14.7 Å². The first kappa shape index (κ1) is 64.2. The molecule has 17 aromatic carbocycles. The van der Waals surface area contributed by atoms with Crippen molar-refractivity contribution in [1.29, 1.82) is 0 Å². The van der Waals surface area contributed by atoms with Crippen LogP contribution in [0.5, 0.6) is 11.5 Å². The van der Waals surface area contributed by atoms with Crippen LogP contribution in [0, 0.1) is 0 Å². The monoisotopic (exact) mass is 1450 g/mol. The van der Waals surface area contributed by atoms with Gasteiger partial charge in [0.05, 0.1) is 39.1 Å². The second kappa shape index (κ2) is 25.9. The maximum Gasteiger partial charge on any atom is 0.252 e. The molecule has 0 atom stereocenters. The van der Waals surface area contributed by atoms with E-state index in [2.05, 4.69) is 448 Å². The molecule has 3 aliphatic heterocycles. The number of para-hydroxylation sites is 8. The van der Waals surface area contributed by atoms with Crippen molar-refractivity contribution < 1.29 is 4.74 Å². The summed E-state index contributed by atoms with van der Waals surface area (Å²) in [6.07, 6.45) is 0. The van der Waals surface area contributed by atoms with Crippen LogP contribution in [0.15, 0.2) is 425 Å². The minimum absolute atomic E-state index is 0.310. The number of fused-ring (bicyclic) bond motifs is 12. The van der Waals surface area contributed by atoms with Crippen molar-refractivity contribution in [1.82, 2.24) is 9.13 Å². The quantitative estimate of drug-likeness (QED) is 0.0850. The lowest BCUT2D eigenvalue weighted by atomic mass is 9.33. The summed E-state index contributed by atoms with van der Waals surface area (Å²) >= 11 is 0. The van der Waals surface area contributed by atoms with Crippen LogP contribution in [0.4, 0.5) is 51.2 Å². The first-order valence-electron chi connectivity index (χ1n) is 38.3. The van der Waals surface area contributed by atoms with E-state index in [0.29, 0.717) is 0 Å². The zero-order chi connectivity index (χ0) is 73.1. The molecule has 0 unspecified atom stereocenters. The van der Waals surface area contributed by atoms with Gasteiger partial charge < -0.3 is 28.6 Å². The zero-order valence-electron chi connectivity index (χ0n) is 60.6. The maximum atomic E-state index is 6.96. The van der Waals surface area contributed by atoms with Crippen LogP contribution in [0.3, 0.4) is 0 Å². The lowest BCUT2D eigenvalue weighted by molar-refractivity contribution is 0.477. The molecular weight excluding hydrogens is 1380 g/mol. The molecule has 6 nitrogen and oxygen atoms in total. The molecule has 5 heterocycles. The average Bonchev–Trinajstić information content (AvgIpc) is 1.43. The molecule has 2 aromatic heterocycles. The number of hydrogen-bond acceptors (Lipinski definition) is 4. The van der Waals surface area contributed by atoms with E-state index in [4.69, 9.17) is 4.74 Å². The Bertz CT molecular complexity index is 6510. The summed E-state index contributed by atoms with van der Waals surface area (Å²) in [5, 5.41) is 15.3. The molecule has 0 amide bonds. The largest absolute Gasteiger partial charge is 0.453 e. The first-order chi connectivity index (χ1) is 55.1. The molecule has 0 fully saturated rings. The van der Waals surface area contributed by atoms with Crippen LogP contribution in [-0.4, -0.2) is 32.0 Å². The Morgan fingerprint density at radius 3 is 0.919 bits per heavy atom. The summed E-state index contributed by atoms with van der Waals surface area (Å²) in [5.74, 6) is 1.57. The minimum Gasteiger partial charge on any atom is -0.453 e. The second-order valence-corrected chi connectivity index (χ2v) is 37.0. The highest BCUT2D eigenvalue weighted by Gasteiger charge is 2.48. The summed E-state index contributed by atoms with van der Waals surface area (Å²) in [5.41, 5.74) is 19.7. The van der Waals surface area contributed by atoms with E-state index in [1.54, 1.807) is 0 Å². The Labute approximate surface area is 647 Å². The van der Waals surface area contributed by atoms with Crippen molar-refractivity contribution in [3.63, 3.8) is 0 Å². The molecule has 3 aliphatic rings. The van der Waals surface area contributed by atoms with Crippen molar-refractivity contribution in [3.05, 3.63) is 425 Å². The normalized spacial score (nSPS) is 12.9. The molecule has 111 heavy (non-hydrogen) atoms. The lowest BCUT2D eigenvalue weighted by Gasteiger charge is -2.46. The molecule has 0 N–H and O–H groups in total. The standard InChI is InChI=1S/C102H70BN5OSi2/c1-7-35-76(36-8-1)110(77-37-9-2-10-38-77,78-39-11-3-12-40-78)82-47-31-33-71(65-82)106-94-64-62-73(104-90-53-23-19-49-84(90)85-50-20-24-54-91(85)104)67-89(94)103-88-63-61-74(105-92-55-25-21-51-86(92)87-52-22-26-56-93(87)105)68-97(88)107(99-70-75(69-98(106)102(99)103)108-95-57-27-29-59-100(95)109-101-60-30-28-58-96(101)108)72-34-32-48-83(66-72)111(79-41-13-4-14-42-79,80-43-15-5-16-44-80)81-45-17-6-18-46-81/h1-70H. The van der Waals surface area contributed by atoms with Gasteiger partial charge >= 0.3 is 0 Å². The van der Waals surface area contributed by atoms with Crippen LogP contribution >= 0.6 is 0 Å². The van der Waals surface area contributed by atoms with E-state index >= 15 is 0 Å². The Balaban J connectivity index is 0.890. The fourth-order valence-electron chi connectivity index (χ4n) is 19.2. The third-order valence-electron chi connectivity index (χ3n) is 23.7.